The Morgan fingerprint density at radius 3 is 2.27 bits per heavy atom. The maximum atomic E-state index is 6.77. The van der Waals surface area contributed by atoms with Gasteiger partial charge in [-0.3, -0.25) is 10.3 Å². The van der Waals surface area contributed by atoms with Gasteiger partial charge in [-0.05, 0) is 33.4 Å². The van der Waals surface area contributed by atoms with Gasteiger partial charge in [-0.1, -0.05) is 57.5 Å². The average Bonchev–Trinajstić information content (AvgIpc) is 2.60. The molecule has 1 aromatic carbocycles. The third kappa shape index (κ3) is 4.10. The summed E-state index contributed by atoms with van der Waals surface area (Å²) < 4.78 is 0. The standard InChI is InChI=1S/C21H35N5/c1-6-12-17-18(16-13-10-9-11-14-16)24-25-21(23,19(17)22)15-20(4,5)26(7-2)8-3/h9-11,13-14,25H,6-8,12,15,22-23H2,1-5H3. The molecule has 1 aromatic rings. The molecular formula is C21H35N5. The van der Waals surface area contributed by atoms with Crippen molar-refractivity contribution in [2.75, 3.05) is 13.1 Å². The molecule has 1 unspecified atom stereocenters. The summed E-state index contributed by atoms with van der Waals surface area (Å²) in [7, 11) is 0. The maximum absolute atomic E-state index is 6.77. The molecule has 0 amide bonds. The van der Waals surface area contributed by atoms with E-state index in [2.05, 4.69) is 62.2 Å². The topological polar surface area (TPSA) is 79.7 Å². The normalized spacial score (nSPS) is 21.0. The van der Waals surface area contributed by atoms with Crippen LogP contribution in [-0.4, -0.2) is 34.9 Å². The minimum atomic E-state index is -0.838. The van der Waals surface area contributed by atoms with Crippen molar-refractivity contribution in [2.45, 2.75) is 65.1 Å². The van der Waals surface area contributed by atoms with Crippen molar-refractivity contribution in [3.05, 3.63) is 47.2 Å². The second-order valence-electron chi connectivity index (χ2n) is 7.71. The molecule has 2 rings (SSSR count). The van der Waals surface area contributed by atoms with E-state index < -0.39 is 5.66 Å². The summed E-state index contributed by atoms with van der Waals surface area (Å²) in [6.07, 6.45) is 2.55. The molecule has 0 radical (unpaired) electrons. The lowest BCUT2D eigenvalue weighted by Gasteiger charge is -2.45. The fourth-order valence-corrected chi connectivity index (χ4v) is 4.03. The number of rotatable bonds is 8. The highest BCUT2D eigenvalue weighted by molar-refractivity contribution is 6.13. The van der Waals surface area contributed by atoms with Gasteiger partial charge in [-0.2, -0.15) is 5.10 Å². The van der Waals surface area contributed by atoms with Gasteiger partial charge >= 0.3 is 0 Å². The predicted molar refractivity (Wildman–Crippen MR) is 111 cm³/mol. The first kappa shape index (κ1) is 20.5. The van der Waals surface area contributed by atoms with Gasteiger partial charge in [0, 0.05) is 23.1 Å². The van der Waals surface area contributed by atoms with Crippen LogP contribution in [0.3, 0.4) is 0 Å². The summed E-state index contributed by atoms with van der Waals surface area (Å²) in [6, 6.07) is 10.2. The molecule has 1 heterocycles. The zero-order valence-electron chi connectivity index (χ0n) is 17.0. The number of nitrogens with zero attached hydrogens (tertiary/aromatic N) is 2. The lowest BCUT2D eigenvalue weighted by atomic mass is 9.83. The number of hydrogen-bond donors (Lipinski definition) is 3. The van der Waals surface area contributed by atoms with Crippen LogP contribution in [0.4, 0.5) is 0 Å². The number of nitrogens with two attached hydrogens (primary N) is 2. The molecule has 5 heteroatoms. The molecule has 1 aliphatic heterocycles. The molecule has 5 N–H and O–H groups in total. The van der Waals surface area contributed by atoms with E-state index in [1.165, 1.54) is 0 Å². The third-order valence-corrected chi connectivity index (χ3v) is 5.34. The summed E-state index contributed by atoms with van der Waals surface area (Å²) in [5, 5.41) is 4.68. The molecule has 0 saturated carbocycles. The van der Waals surface area contributed by atoms with Crippen molar-refractivity contribution in [3.8, 4) is 0 Å². The number of hydrogen-bond acceptors (Lipinski definition) is 5. The molecule has 0 fully saturated rings. The summed E-state index contributed by atoms with van der Waals surface area (Å²) in [4.78, 5) is 2.41. The van der Waals surface area contributed by atoms with Crippen molar-refractivity contribution in [3.63, 3.8) is 0 Å². The van der Waals surface area contributed by atoms with Crippen LogP contribution in [-0.2, 0) is 0 Å². The van der Waals surface area contributed by atoms with E-state index in [4.69, 9.17) is 11.5 Å². The van der Waals surface area contributed by atoms with Crippen LogP contribution in [0.1, 0.15) is 59.4 Å². The van der Waals surface area contributed by atoms with Crippen molar-refractivity contribution >= 4 is 5.71 Å². The molecular weight excluding hydrogens is 322 g/mol. The zero-order valence-corrected chi connectivity index (χ0v) is 17.0. The number of nitrogens with one attached hydrogen (secondary N) is 1. The molecule has 0 spiro atoms. The Hall–Kier alpha value is -1.85. The van der Waals surface area contributed by atoms with Crippen molar-refractivity contribution in [1.82, 2.24) is 10.3 Å². The van der Waals surface area contributed by atoms with E-state index in [1.54, 1.807) is 0 Å². The quantitative estimate of drug-likeness (QED) is 0.667. The van der Waals surface area contributed by atoms with Crippen LogP contribution in [0.2, 0.25) is 0 Å². The van der Waals surface area contributed by atoms with Crippen LogP contribution >= 0.6 is 0 Å². The fraction of sp³-hybridized carbons (Fsp3) is 0.571. The van der Waals surface area contributed by atoms with Gasteiger partial charge in [0.05, 0.1) is 11.4 Å². The summed E-state index contributed by atoms with van der Waals surface area (Å²) >= 11 is 0. The minimum Gasteiger partial charge on any atom is -0.399 e. The van der Waals surface area contributed by atoms with Gasteiger partial charge in [-0.25, -0.2) is 0 Å². The lowest BCUT2D eigenvalue weighted by Crippen LogP contribution is -2.63. The van der Waals surface area contributed by atoms with E-state index in [0.717, 1.165) is 42.8 Å². The SMILES string of the molecule is CCCC1=C(N)C(N)(CC(C)(C)N(CC)CC)NN=C1c1ccccc1. The highest BCUT2D eigenvalue weighted by atomic mass is 15.4. The summed E-state index contributed by atoms with van der Waals surface area (Å²) in [6.45, 7) is 12.9. The van der Waals surface area contributed by atoms with Crippen molar-refractivity contribution in [1.29, 1.82) is 0 Å². The molecule has 0 aromatic heterocycles. The first-order chi connectivity index (χ1) is 12.3. The monoisotopic (exact) mass is 357 g/mol. The number of hydrazone groups is 1. The van der Waals surface area contributed by atoms with Gasteiger partial charge in [0.1, 0.15) is 5.66 Å². The molecule has 5 nitrogen and oxygen atoms in total. The predicted octanol–water partition coefficient (Wildman–Crippen LogP) is 3.17. The van der Waals surface area contributed by atoms with E-state index in [0.29, 0.717) is 12.1 Å². The van der Waals surface area contributed by atoms with Gasteiger partial charge in [-0.15, -0.1) is 0 Å². The van der Waals surface area contributed by atoms with E-state index in [-0.39, 0.29) is 5.54 Å². The van der Waals surface area contributed by atoms with Gasteiger partial charge in [0.15, 0.2) is 0 Å². The Bertz CT molecular complexity index is 658. The second-order valence-corrected chi connectivity index (χ2v) is 7.71. The van der Waals surface area contributed by atoms with Gasteiger partial charge < -0.3 is 11.5 Å². The Labute approximate surface area is 158 Å². The number of benzene rings is 1. The number of allylic oxidation sites excluding steroid dienone is 1. The Balaban J connectivity index is 2.39. The van der Waals surface area contributed by atoms with E-state index in [1.807, 2.05) is 18.2 Å². The maximum Gasteiger partial charge on any atom is 0.144 e. The highest BCUT2D eigenvalue weighted by Gasteiger charge is 2.41. The molecule has 1 atom stereocenters. The Kier molecular flexibility index (Phi) is 6.48. The lowest BCUT2D eigenvalue weighted by molar-refractivity contribution is 0.0952. The Morgan fingerprint density at radius 2 is 1.73 bits per heavy atom. The Morgan fingerprint density at radius 1 is 1.12 bits per heavy atom. The minimum absolute atomic E-state index is 0.0903. The average molecular weight is 358 g/mol. The highest BCUT2D eigenvalue weighted by Crippen LogP contribution is 2.31. The van der Waals surface area contributed by atoms with Crippen molar-refractivity contribution in [2.24, 2.45) is 16.6 Å². The van der Waals surface area contributed by atoms with E-state index >= 15 is 0 Å². The fourth-order valence-electron chi connectivity index (χ4n) is 4.03. The van der Waals surface area contributed by atoms with Crippen molar-refractivity contribution < 1.29 is 0 Å². The smallest absolute Gasteiger partial charge is 0.144 e. The molecule has 144 valence electrons. The van der Waals surface area contributed by atoms with Crippen LogP contribution in [0.25, 0.3) is 0 Å². The summed E-state index contributed by atoms with van der Waals surface area (Å²) in [5.41, 5.74) is 19.4. The first-order valence-corrected chi connectivity index (χ1v) is 9.72. The van der Waals surface area contributed by atoms with Crippen LogP contribution in [0, 0.1) is 0 Å². The molecule has 0 saturated heterocycles. The van der Waals surface area contributed by atoms with E-state index in [9.17, 15) is 0 Å². The second kappa shape index (κ2) is 8.23. The van der Waals surface area contributed by atoms with Crippen LogP contribution in [0.5, 0.6) is 0 Å². The van der Waals surface area contributed by atoms with Crippen LogP contribution < -0.4 is 16.9 Å². The van der Waals surface area contributed by atoms with Gasteiger partial charge in [0.2, 0.25) is 0 Å². The third-order valence-electron chi connectivity index (χ3n) is 5.34. The summed E-state index contributed by atoms with van der Waals surface area (Å²) in [5.74, 6) is 0. The zero-order chi connectivity index (χ0) is 19.4. The molecule has 1 aliphatic rings. The largest absolute Gasteiger partial charge is 0.399 e. The molecule has 26 heavy (non-hydrogen) atoms. The molecule has 0 bridgehead atoms. The molecule has 0 aliphatic carbocycles. The van der Waals surface area contributed by atoms with Gasteiger partial charge in [0.25, 0.3) is 0 Å². The first-order valence-electron chi connectivity index (χ1n) is 9.72. The van der Waals surface area contributed by atoms with Crippen LogP contribution in [0.15, 0.2) is 46.7 Å².